The zero-order valence-corrected chi connectivity index (χ0v) is 41.5. The van der Waals surface area contributed by atoms with E-state index in [0.717, 1.165) is 36.8 Å². The predicted octanol–water partition coefficient (Wildman–Crippen LogP) is 16.2. The molecule has 3 aliphatic carbocycles. The monoisotopic (exact) mass is 842 g/mol. The number of rotatable bonds is 1. The summed E-state index contributed by atoms with van der Waals surface area (Å²) >= 11 is 0. The van der Waals surface area contributed by atoms with Gasteiger partial charge in [-0.1, -0.05) is 153 Å². The minimum absolute atomic E-state index is 0.0384. The highest BCUT2D eigenvalue weighted by Crippen LogP contribution is 2.67. The minimum Gasteiger partial charge on any atom is -0.307 e. The third kappa shape index (κ3) is 4.73. The highest BCUT2D eigenvalue weighted by Gasteiger charge is 2.60. The number of fused-ring (bicyclic) bond motifs is 9. The van der Waals surface area contributed by atoms with Crippen LogP contribution in [0.5, 0.6) is 0 Å². The average molecular weight is 842 g/mol. The third-order valence-electron chi connectivity index (χ3n) is 19.0. The molecule has 0 saturated heterocycles. The Kier molecular flexibility index (Phi) is 7.93. The Labute approximate surface area is 382 Å². The van der Waals surface area contributed by atoms with Crippen LogP contribution in [0.4, 0.5) is 0 Å². The van der Waals surface area contributed by atoms with Gasteiger partial charge in [0, 0.05) is 32.4 Å². The molecular formula is C61H67N3. The molecule has 0 radical (unpaired) electrons. The van der Waals surface area contributed by atoms with E-state index in [2.05, 4.69) is 182 Å². The van der Waals surface area contributed by atoms with Crippen LogP contribution in [0.3, 0.4) is 0 Å². The lowest BCUT2D eigenvalue weighted by atomic mass is 9.57. The summed E-state index contributed by atoms with van der Waals surface area (Å²) in [6.07, 6.45) is 4.06. The van der Waals surface area contributed by atoms with Gasteiger partial charge in [0.1, 0.15) is 0 Å². The molecule has 2 aliphatic heterocycles. The van der Waals surface area contributed by atoms with Crippen molar-refractivity contribution >= 4 is 38.1 Å². The van der Waals surface area contributed by atoms with Gasteiger partial charge in [-0.25, -0.2) is 0 Å². The molecule has 0 spiro atoms. The van der Waals surface area contributed by atoms with E-state index < -0.39 is 5.41 Å². The fourth-order valence-electron chi connectivity index (χ4n) is 14.4. The average Bonchev–Trinajstić information content (AvgIpc) is 3.80. The number of nitrogens with zero attached hydrogens (tertiary/aromatic N) is 3. The lowest BCUT2D eigenvalue weighted by Crippen LogP contribution is -2.42. The van der Waals surface area contributed by atoms with E-state index in [1.165, 1.54) is 105 Å². The van der Waals surface area contributed by atoms with Crippen LogP contribution in [0.15, 0.2) is 54.6 Å². The van der Waals surface area contributed by atoms with Crippen molar-refractivity contribution in [3.63, 3.8) is 0 Å². The number of aromatic nitrogens is 1. The van der Waals surface area contributed by atoms with Crippen molar-refractivity contribution < 1.29 is 0 Å². The first-order valence-corrected chi connectivity index (χ1v) is 24.3. The minimum atomic E-state index is -0.395. The second kappa shape index (κ2) is 12.2. The summed E-state index contributed by atoms with van der Waals surface area (Å²) in [7, 11) is 0. The van der Waals surface area contributed by atoms with Crippen LogP contribution in [-0.2, 0) is 32.5 Å². The summed E-state index contributed by atoms with van der Waals surface area (Å²) in [6, 6.07) is 27.5. The molecule has 12 rings (SSSR count). The summed E-state index contributed by atoms with van der Waals surface area (Å²) in [6.45, 7) is 38.3. The fraction of sp³-hybridized carbons (Fsp3) is 0.475. The molecule has 3 nitrogen and oxygen atoms in total. The zero-order valence-electron chi connectivity index (χ0n) is 41.5. The summed E-state index contributed by atoms with van der Waals surface area (Å²) in [5.41, 5.74) is 19.6. The van der Waals surface area contributed by atoms with E-state index in [-0.39, 0.29) is 44.3 Å². The van der Waals surface area contributed by atoms with Crippen LogP contribution < -0.4 is 0 Å². The first kappa shape index (κ1) is 41.6. The molecule has 326 valence electrons. The second-order valence-electron chi connectivity index (χ2n) is 25.5. The first-order valence-electron chi connectivity index (χ1n) is 24.3. The number of hydrogen-bond donors (Lipinski definition) is 0. The molecule has 1 fully saturated rings. The van der Waals surface area contributed by atoms with Crippen molar-refractivity contribution in [3.05, 3.63) is 121 Å². The summed E-state index contributed by atoms with van der Waals surface area (Å²) < 4.78 is 2.67. The van der Waals surface area contributed by atoms with Gasteiger partial charge >= 0.3 is 0 Å². The largest absolute Gasteiger partial charge is 0.307 e. The molecular weight excluding hydrogens is 775 g/mol. The molecule has 3 heteroatoms. The van der Waals surface area contributed by atoms with Crippen molar-refractivity contribution in [1.82, 2.24) is 4.40 Å². The lowest BCUT2D eigenvalue weighted by molar-refractivity contribution is 0.125. The van der Waals surface area contributed by atoms with E-state index in [4.69, 9.17) is 0 Å². The molecule has 7 aromatic rings. The Bertz CT molecular complexity index is 3300. The Hall–Kier alpha value is -5.12. The van der Waals surface area contributed by atoms with Crippen LogP contribution in [0.25, 0.3) is 49.2 Å². The first-order chi connectivity index (χ1) is 29.7. The normalized spacial score (nSPS) is 22.1. The molecule has 5 aliphatic rings. The van der Waals surface area contributed by atoms with Gasteiger partial charge < -0.3 is 4.40 Å². The van der Waals surface area contributed by atoms with Gasteiger partial charge in [0.15, 0.2) is 0 Å². The third-order valence-corrected chi connectivity index (χ3v) is 19.0. The molecule has 4 heterocycles. The van der Waals surface area contributed by atoms with Crippen molar-refractivity contribution in [3.8, 4) is 23.3 Å². The molecule has 2 aromatic heterocycles. The molecule has 2 bridgehead atoms. The van der Waals surface area contributed by atoms with Gasteiger partial charge in [0.25, 0.3) is 0 Å². The van der Waals surface area contributed by atoms with Crippen molar-refractivity contribution in [2.75, 3.05) is 0 Å². The molecule has 0 N–H and O–H groups in total. The molecule has 64 heavy (non-hydrogen) atoms. The van der Waals surface area contributed by atoms with E-state index in [9.17, 15) is 10.5 Å². The topological polar surface area (TPSA) is 52.0 Å². The highest BCUT2D eigenvalue weighted by molar-refractivity contribution is 6.28. The van der Waals surface area contributed by atoms with E-state index in [0.29, 0.717) is 0 Å². The lowest BCUT2D eigenvalue weighted by Gasteiger charge is -2.45. The molecule has 0 atom stereocenters. The van der Waals surface area contributed by atoms with Crippen LogP contribution in [-0.4, -0.2) is 4.40 Å². The van der Waals surface area contributed by atoms with Crippen molar-refractivity contribution in [1.29, 1.82) is 10.5 Å². The Morgan fingerprint density at radius 3 is 1.38 bits per heavy atom. The molecule has 0 unspecified atom stereocenters. The van der Waals surface area contributed by atoms with Crippen LogP contribution in [0, 0.1) is 28.1 Å². The molecule has 5 aromatic carbocycles. The SMILES string of the molecule is CC(C)(C)c1cc(-c2cc3c4c5c(c(C#N)c6c4n4c7c(c(C#N)c8c(c7c(c2)c34)C(C)(C)C(C)(C)C8(C)C)C2CCC6CC2)C(C)(C)c2ccccc2C5(C)C)cc(C(C)(C)C)c1. The predicted molar refractivity (Wildman–Crippen MR) is 268 cm³/mol. The maximum absolute atomic E-state index is 11.8. The highest BCUT2D eigenvalue weighted by atomic mass is 14.9. The van der Waals surface area contributed by atoms with E-state index in [1.807, 2.05) is 0 Å². The van der Waals surface area contributed by atoms with Gasteiger partial charge in [-0.3, -0.25) is 0 Å². The molecule has 1 saturated carbocycles. The quantitative estimate of drug-likeness (QED) is 0.165. The van der Waals surface area contributed by atoms with Crippen molar-refractivity contribution in [2.24, 2.45) is 5.41 Å². The van der Waals surface area contributed by atoms with E-state index >= 15 is 0 Å². The summed E-state index contributed by atoms with van der Waals surface area (Å²) in [5.74, 6) is 0.511. The summed E-state index contributed by atoms with van der Waals surface area (Å²) in [4.78, 5) is 0. The van der Waals surface area contributed by atoms with Crippen molar-refractivity contribution in [2.45, 2.75) is 181 Å². The zero-order chi connectivity index (χ0) is 46.0. The Balaban J connectivity index is 1.48. The summed E-state index contributed by atoms with van der Waals surface area (Å²) in [5, 5.41) is 28.8. The van der Waals surface area contributed by atoms with Gasteiger partial charge in [0.05, 0.1) is 39.8 Å². The fourth-order valence-corrected chi connectivity index (χ4v) is 14.4. The van der Waals surface area contributed by atoms with Crippen LogP contribution >= 0.6 is 0 Å². The van der Waals surface area contributed by atoms with Gasteiger partial charge in [-0.15, -0.1) is 0 Å². The maximum Gasteiger partial charge on any atom is 0.0998 e. The van der Waals surface area contributed by atoms with Gasteiger partial charge in [-0.2, -0.15) is 10.5 Å². The van der Waals surface area contributed by atoms with Crippen LogP contribution in [0.2, 0.25) is 0 Å². The van der Waals surface area contributed by atoms with E-state index in [1.54, 1.807) is 0 Å². The Morgan fingerprint density at radius 2 is 0.922 bits per heavy atom. The smallest absolute Gasteiger partial charge is 0.0998 e. The standard InChI is InChI=1S/C61H67N3/c1-55(2,3)36-25-34(26-37(29-36)56(4,5)6)35-27-38-46-50-48(57(7,8)42-19-17-18-20-43(42)58(50,9)10)40(30-62)44-32-21-23-33(24-22-32)45-41(31-63)49-51(60(13,14)61(15,16)59(49,11)12)47-39(28-35)52(38)64(53(44)46)54(45)47/h17-20,25-29,32-33H,21-24H2,1-16H3. The second-order valence-corrected chi connectivity index (χ2v) is 25.5. The molecule has 0 amide bonds. The van der Waals surface area contributed by atoms with Gasteiger partial charge in [-0.05, 0) is 143 Å². The Morgan fingerprint density at radius 1 is 0.516 bits per heavy atom. The number of nitriles is 2. The van der Waals surface area contributed by atoms with Crippen LogP contribution in [0.1, 0.15) is 215 Å². The maximum atomic E-state index is 11.8. The number of hydrogen-bond acceptors (Lipinski definition) is 2. The number of benzene rings is 5. The van der Waals surface area contributed by atoms with Gasteiger partial charge in [0.2, 0.25) is 0 Å².